The van der Waals surface area contributed by atoms with E-state index in [9.17, 15) is 5.11 Å². The van der Waals surface area contributed by atoms with Crippen molar-refractivity contribution >= 4 is 5.96 Å². The van der Waals surface area contributed by atoms with Crippen LogP contribution in [0.1, 0.15) is 43.7 Å². The van der Waals surface area contributed by atoms with Crippen LogP contribution in [0.25, 0.3) is 0 Å². The van der Waals surface area contributed by atoms with E-state index < -0.39 is 0 Å². The van der Waals surface area contributed by atoms with Crippen molar-refractivity contribution in [1.29, 1.82) is 0 Å². The maximum atomic E-state index is 9.65. The van der Waals surface area contributed by atoms with Crippen molar-refractivity contribution in [2.45, 2.75) is 57.8 Å². The average molecular weight is 355 g/mol. The molecule has 1 heterocycles. The largest absolute Gasteiger partial charge is 0.393 e. The molecule has 26 heavy (non-hydrogen) atoms. The number of aliphatic hydroxyl groups excluding tert-OH is 1. The second kappa shape index (κ2) is 9.38. The summed E-state index contributed by atoms with van der Waals surface area (Å²) in [5.41, 5.74) is 2.41. The summed E-state index contributed by atoms with van der Waals surface area (Å²) in [7, 11) is 0. The van der Waals surface area contributed by atoms with Gasteiger partial charge in [-0.05, 0) is 49.8 Å². The number of benzene rings is 1. The number of rotatable bonds is 6. The lowest BCUT2D eigenvalue weighted by molar-refractivity contribution is 0.120. The fraction of sp³-hybridized carbons (Fsp3) is 0.500. The highest BCUT2D eigenvalue weighted by Gasteiger charge is 2.19. The average Bonchev–Trinajstić information content (AvgIpc) is 3.15. The molecule has 0 spiro atoms. The Labute approximate surface area is 155 Å². The second-order valence-corrected chi connectivity index (χ2v) is 6.87. The van der Waals surface area contributed by atoms with Gasteiger partial charge in [-0.2, -0.15) is 5.10 Å². The summed E-state index contributed by atoms with van der Waals surface area (Å²) in [6.45, 7) is 4.32. The standard InChI is InChI=1S/C20H29N5O/c1-2-21-20(24-18-7-9-19(26)10-8-18)22-14-16-5-3-6-17(13-16)15-25-12-4-11-23-25/h3-6,11-13,18-19,26H,2,7-10,14-15H2,1H3,(H2,21,22,24). The van der Waals surface area contributed by atoms with Gasteiger partial charge < -0.3 is 15.7 Å². The van der Waals surface area contributed by atoms with Crippen LogP contribution in [0.5, 0.6) is 0 Å². The molecule has 0 unspecified atom stereocenters. The molecular weight excluding hydrogens is 326 g/mol. The predicted molar refractivity (Wildman–Crippen MR) is 104 cm³/mol. The molecule has 1 fully saturated rings. The van der Waals surface area contributed by atoms with Crippen molar-refractivity contribution < 1.29 is 5.11 Å². The van der Waals surface area contributed by atoms with E-state index in [0.29, 0.717) is 12.6 Å². The number of guanidine groups is 1. The molecule has 1 aliphatic rings. The zero-order valence-corrected chi connectivity index (χ0v) is 15.4. The van der Waals surface area contributed by atoms with Gasteiger partial charge in [0.15, 0.2) is 5.96 Å². The van der Waals surface area contributed by atoms with E-state index in [1.54, 1.807) is 6.20 Å². The summed E-state index contributed by atoms with van der Waals surface area (Å²) in [6.07, 6.45) is 7.35. The lowest BCUT2D eigenvalue weighted by Crippen LogP contribution is -2.45. The smallest absolute Gasteiger partial charge is 0.191 e. The molecule has 2 aromatic rings. The number of nitrogens with zero attached hydrogens (tertiary/aromatic N) is 3. The minimum atomic E-state index is -0.134. The highest BCUT2D eigenvalue weighted by atomic mass is 16.3. The highest BCUT2D eigenvalue weighted by molar-refractivity contribution is 5.80. The van der Waals surface area contributed by atoms with Crippen molar-refractivity contribution in [1.82, 2.24) is 20.4 Å². The molecule has 140 valence electrons. The molecule has 0 saturated heterocycles. The van der Waals surface area contributed by atoms with Gasteiger partial charge in [0.2, 0.25) is 0 Å². The van der Waals surface area contributed by atoms with Gasteiger partial charge in [0, 0.05) is 25.0 Å². The highest BCUT2D eigenvalue weighted by Crippen LogP contribution is 2.18. The number of hydrogen-bond donors (Lipinski definition) is 3. The Hall–Kier alpha value is -2.34. The van der Waals surface area contributed by atoms with Gasteiger partial charge in [-0.25, -0.2) is 4.99 Å². The Morgan fingerprint density at radius 1 is 1.23 bits per heavy atom. The van der Waals surface area contributed by atoms with Crippen LogP contribution in [-0.4, -0.2) is 39.5 Å². The maximum absolute atomic E-state index is 9.65. The lowest BCUT2D eigenvalue weighted by atomic mass is 9.93. The van der Waals surface area contributed by atoms with E-state index in [1.165, 1.54) is 11.1 Å². The summed E-state index contributed by atoms with van der Waals surface area (Å²) in [5, 5.41) is 20.8. The third-order valence-corrected chi connectivity index (χ3v) is 4.70. The van der Waals surface area contributed by atoms with Crippen molar-refractivity contribution in [3.63, 3.8) is 0 Å². The van der Waals surface area contributed by atoms with Crippen molar-refractivity contribution in [2.24, 2.45) is 4.99 Å². The first-order valence-corrected chi connectivity index (χ1v) is 9.51. The van der Waals surface area contributed by atoms with E-state index >= 15 is 0 Å². The van der Waals surface area contributed by atoms with Crippen molar-refractivity contribution in [3.8, 4) is 0 Å². The molecular formula is C20H29N5O. The molecule has 1 saturated carbocycles. The van der Waals surface area contributed by atoms with Crippen LogP contribution in [0.4, 0.5) is 0 Å². The second-order valence-electron chi connectivity index (χ2n) is 6.87. The van der Waals surface area contributed by atoms with Gasteiger partial charge in [-0.1, -0.05) is 24.3 Å². The van der Waals surface area contributed by atoms with E-state index in [1.807, 2.05) is 16.9 Å². The topological polar surface area (TPSA) is 74.5 Å². The summed E-state index contributed by atoms with van der Waals surface area (Å²) < 4.78 is 1.92. The van der Waals surface area contributed by atoms with Crippen molar-refractivity contribution in [2.75, 3.05) is 6.54 Å². The Morgan fingerprint density at radius 3 is 2.77 bits per heavy atom. The van der Waals surface area contributed by atoms with Crippen LogP contribution in [0.2, 0.25) is 0 Å². The van der Waals surface area contributed by atoms with E-state index in [0.717, 1.165) is 44.7 Å². The van der Waals surface area contributed by atoms with Crippen LogP contribution in [0.15, 0.2) is 47.7 Å². The van der Waals surface area contributed by atoms with Gasteiger partial charge in [0.25, 0.3) is 0 Å². The summed E-state index contributed by atoms with van der Waals surface area (Å²) in [6, 6.07) is 10.8. The van der Waals surface area contributed by atoms with Crippen LogP contribution < -0.4 is 10.6 Å². The molecule has 1 aliphatic carbocycles. The summed E-state index contributed by atoms with van der Waals surface area (Å²) in [5.74, 6) is 0.853. The lowest BCUT2D eigenvalue weighted by Gasteiger charge is -2.27. The van der Waals surface area contributed by atoms with E-state index in [4.69, 9.17) is 4.99 Å². The molecule has 0 aliphatic heterocycles. The number of hydrogen-bond acceptors (Lipinski definition) is 3. The van der Waals surface area contributed by atoms with E-state index in [-0.39, 0.29) is 6.10 Å². The van der Waals surface area contributed by atoms with Gasteiger partial charge in [0.05, 0.1) is 19.2 Å². The van der Waals surface area contributed by atoms with Crippen LogP contribution in [-0.2, 0) is 13.1 Å². The molecule has 0 bridgehead atoms. The molecule has 0 atom stereocenters. The third kappa shape index (κ3) is 5.59. The molecule has 0 radical (unpaired) electrons. The first-order chi connectivity index (χ1) is 12.7. The fourth-order valence-electron chi connectivity index (χ4n) is 3.31. The zero-order chi connectivity index (χ0) is 18.2. The minimum absolute atomic E-state index is 0.134. The molecule has 0 amide bonds. The fourth-order valence-corrected chi connectivity index (χ4v) is 3.31. The summed E-state index contributed by atoms with van der Waals surface area (Å²) >= 11 is 0. The van der Waals surface area contributed by atoms with Gasteiger partial charge in [0.1, 0.15) is 0 Å². The molecule has 6 heteroatoms. The SMILES string of the molecule is CCNC(=NCc1cccc(Cn2cccn2)c1)NC1CCC(O)CC1. The Morgan fingerprint density at radius 2 is 2.04 bits per heavy atom. The first kappa shape index (κ1) is 18.5. The Kier molecular flexibility index (Phi) is 6.66. The minimum Gasteiger partial charge on any atom is -0.393 e. The first-order valence-electron chi connectivity index (χ1n) is 9.51. The summed E-state index contributed by atoms with van der Waals surface area (Å²) in [4.78, 5) is 4.74. The van der Waals surface area contributed by atoms with Crippen LogP contribution >= 0.6 is 0 Å². The normalized spacial score (nSPS) is 20.8. The van der Waals surface area contributed by atoms with Gasteiger partial charge in [-0.15, -0.1) is 0 Å². The Bertz CT molecular complexity index is 690. The molecule has 6 nitrogen and oxygen atoms in total. The zero-order valence-electron chi connectivity index (χ0n) is 15.4. The molecule has 1 aromatic heterocycles. The Balaban J connectivity index is 1.59. The van der Waals surface area contributed by atoms with Crippen molar-refractivity contribution in [3.05, 3.63) is 53.9 Å². The molecule has 3 rings (SSSR count). The predicted octanol–water partition coefficient (Wildman–Crippen LogP) is 2.29. The molecule has 3 N–H and O–H groups in total. The number of nitrogens with one attached hydrogen (secondary N) is 2. The van der Waals surface area contributed by atoms with Gasteiger partial charge >= 0.3 is 0 Å². The van der Waals surface area contributed by atoms with E-state index in [2.05, 4.69) is 46.9 Å². The monoisotopic (exact) mass is 355 g/mol. The number of aliphatic imine (C=N–C) groups is 1. The maximum Gasteiger partial charge on any atom is 0.191 e. The van der Waals surface area contributed by atoms with Crippen LogP contribution in [0, 0.1) is 0 Å². The quantitative estimate of drug-likeness (QED) is 0.549. The number of aromatic nitrogens is 2. The third-order valence-electron chi connectivity index (χ3n) is 4.70. The molecule has 1 aromatic carbocycles. The number of aliphatic hydroxyl groups is 1. The van der Waals surface area contributed by atoms with Crippen LogP contribution in [0.3, 0.4) is 0 Å². The van der Waals surface area contributed by atoms with Gasteiger partial charge in [-0.3, -0.25) is 4.68 Å².